The summed E-state index contributed by atoms with van der Waals surface area (Å²) in [7, 11) is 1.71. The largest absolute Gasteiger partial charge is 0.389 e. The van der Waals surface area contributed by atoms with E-state index in [1.807, 2.05) is 25.7 Å². The Morgan fingerprint density at radius 1 is 1.14 bits per heavy atom. The molecule has 1 heterocycles. The van der Waals surface area contributed by atoms with E-state index in [0.29, 0.717) is 18.9 Å². The first-order valence-corrected chi connectivity index (χ1v) is 7.15. The molecular weight excluding hydrogens is 292 g/mol. The van der Waals surface area contributed by atoms with Gasteiger partial charge in [-0.15, -0.1) is 0 Å². The average Bonchev–Trinajstić information content (AvgIpc) is 2.44. The third-order valence-corrected chi connectivity index (χ3v) is 2.98. The fourth-order valence-electron chi connectivity index (χ4n) is 1.36. The molecular formula is C14H27ClN4O2. The molecule has 0 aromatic rings. The number of carbonyl (C=O) groups excluding carboxylic acids is 1. The summed E-state index contributed by atoms with van der Waals surface area (Å²) in [4.78, 5) is 14.2. The van der Waals surface area contributed by atoms with Crippen molar-refractivity contribution in [2.24, 2.45) is 11.5 Å². The molecule has 1 aliphatic rings. The number of halogens is 1. The molecule has 0 aromatic heterocycles. The molecule has 0 radical (unpaired) electrons. The zero-order chi connectivity index (χ0) is 16.5. The van der Waals surface area contributed by atoms with E-state index in [-0.39, 0.29) is 10.8 Å². The monoisotopic (exact) mass is 318 g/mol. The number of piperazine rings is 1. The molecule has 0 atom stereocenters. The maximum atomic E-state index is 10.5. The normalized spacial score (nSPS) is 17.2. The smallest absolute Gasteiger partial charge is 0.209 e. The minimum Gasteiger partial charge on any atom is -0.389 e. The molecule has 1 saturated heterocycles. The number of hydrogen-bond acceptors (Lipinski definition) is 5. The topological polar surface area (TPSA) is 84.8 Å². The molecule has 0 saturated carbocycles. The second-order valence-corrected chi connectivity index (χ2v) is 6.02. The first kappa shape index (κ1) is 19.6. The number of nitrogens with two attached hydrogens (primary N) is 2. The molecule has 0 aliphatic carbocycles. The summed E-state index contributed by atoms with van der Waals surface area (Å²) < 4.78 is 4.94. The number of methoxy groups -OCH3 is 1. The number of carbonyl (C=O) groups is 1. The second kappa shape index (κ2) is 9.52. The molecule has 0 unspecified atom stereocenters. The highest BCUT2D eigenvalue weighted by Gasteiger charge is 2.15. The van der Waals surface area contributed by atoms with Crippen molar-refractivity contribution in [3.8, 4) is 0 Å². The van der Waals surface area contributed by atoms with E-state index in [1.165, 1.54) is 0 Å². The van der Waals surface area contributed by atoms with Gasteiger partial charge in [0.2, 0.25) is 6.41 Å². The van der Waals surface area contributed by atoms with Gasteiger partial charge in [-0.25, -0.2) is 0 Å². The van der Waals surface area contributed by atoms with Crippen LogP contribution in [0.2, 0.25) is 0 Å². The van der Waals surface area contributed by atoms with Crippen molar-refractivity contribution >= 4 is 18.0 Å². The maximum Gasteiger partial charge on any atom is 0.209 e. The number of ether oxygens (including phenoxy) is 1. The van der Waals surface area contributed by atoms with E-state index in [1.54, 1.807) is 24.2 Å². The van der Waals surface area contributed by atoms with Gasteiger partial charge in [-0.1, -0.05) is 11.6 Å². The van der Waals surface area contributed by atoms with Crippen LogP contribution in [0.4, 0.5) is 0 Å². The lowest BCUT2D eigenvalue weighted by atomic mass is 10.2. The van der Waals surface area contributed by atoms with E-state index in [0.717, 1.165) is 19.5 Å². The van der Waals surface area contributed by atoms with Gasteiger partial charge in [-0.2, -0.15) is 0 Å². The zero-order valence-corrected chi connectivity index (χ0v) is 14.1. The van der Waals surface area contributed by atoms with Crippen LogP contribution in [0, 0.1) is 0 Å². The minimum atomic E-state index is 0.0417. The van der Waals surface area contributed by atoms with Crippen LogP contribution in [-0.4, -0.2) is 55.1 Å². The molecule has 122 valence electrons. The number of nitrogens with zero attached hydrogens (tertiary/aromatic N) is 2. The third-order valence-electron chi connectivity index (χ3n) is 2.85. The molecule has 0 bridgehead atoms. The summed E-state index contributed by atoms with van der Waals surface area (Å²) in [5, 5.41) is 0.199. The predicted molar refractivity (Wildman–Crippen MR) is 86.4 cm³/mol. The van der Waals surface area contributed by atoms with Gasteiger partial charge in [0.25, 0.3) is 0 Å². The Morgan fingerprint density at radius 2 is 1.62 bits per heavy atom. The highest BCUT2D eigenvalue weighted by atomic mass is 35.5. The van der Waals surface area contributed by atoms with Crippen LogP contribution in [-0.2, 0) is 9.53 Å². The van der Waals surface area contributed by atoms with Gasteiger partial charge in [0.15, 0.2) is 0 Å². The highest BCUT2D eigenvalue weighted by molar-refractivity contribution is 6.29. The molecule has 0 spiro atoms. The van der Waals surface area contributed by atoms with Crippen LogP contribution in [0.15, 0.2) is 23.1 Å². The number of allylic oxidation sites excluding steroid dienone is 2. The fourth-order valence-corrected chi connectivity index (χ4v) is 1.42. The van der Waals surface area contributed by atoms with Crippen molar-refractivity contribution in [3.05, 3.63) is 23.1 Å². The van der Waals surface area contributed by atoms with Crippen molar-refractivity contribution in [1.82, 2.24) is 9.80 Å². The quantitative estimate of drug-likeness (QED) is 0.461. The van der Waals surface area contributed by atoms with Crippen LogP contribution < -0.4 is 11.5 Å². The maximum absolute atomic E-state index is 10.5. The van der Waals surface area contributed by atoms with Crippen molar-refractivity contribution in [3.63, 3.8) is 0 Å². The molecule has 1 aliphatic heterocycles. The van der Waals surface area contributed by atoms with E-state index in [9.17, 15) is 4.79 Å². The minimum absolute atomic E-state index is 0.0417. The summed E-state index contributed by atoms with van der Waals surface area (Å²) in [6.07, 6.45) is 4.07. The Balaban J connectivity index is 0.000000567. The number of amides is 1. The van der Waals surface area contributed by atoms with Crippen molar-refractivity contribution < 1.29 is 9.53 Å². The van der Waals surface area contributed by atoms with E-state index < -0.39 is 0 Å². The summed E-state index contributed by atoms with van der Waals surface area (Å²) >= 11 is 5.47. The molecule has 1 fully saturated rings. The molecule has 0 aromatic carbocycles. The molecule has 21 heavy (non-hydrogen) atoms. The molecule has 6 nitrogen and oxygen atoms in total. The third kappa shape index (κ3) is 10.0. The Bertz CT molecular complexity index is 366. The predicted octanol–water partition coefficient (Wildman–Crippen LogP) is 1.03. The van der Waals surface area contributed by atoms with Crippen molar-refractivity contribution in [2.45, 2.75) is 26.4 Å². The summed E-state index contributed by atoms with van der Waals surface area (Å²) in [6.45, 7) is 8.91. The Hall–Kier alpha value is -1.40. The van der Waals surface area contributed by atoms with Gasteiger partial charge in [-0.05, 0) is 32.9 Å². The van der Waals surface area contributed by atoms with Gasteiger partial charge in [0, 0.05) is 33.3 Å². The Kier molecular flexibility index (Phi) is 8.89. The number of rotatable bonds is 3. The van der Waals surface area contributed by atoms with Gasteiger partial charge in [0.05, 0.1) is 16.6 Å². The van der Waals surface area contributed by atoms with Crippen LogP contribution in [0.5, 0.6) is 0 Å². The molecule has 4 N–H and O–H groups in total. The zero-order valence-electron chi connectivity index (χ0n) is 13.3. The SMILES string of the molecule is COC(C)(C)C.N/C(Cl)=C\C=C(/N)N1CCN(C=O)CC1. The molecule has 1 rings (SSSR count). The van der Waals surface area contributed by atoms with Gasteiger partial charge < -0.3 is 26.0 Å². The van der Waals surface area contributed by atoms with Gasteiger partial charge in [0.1, 0.15) is 0 Å². The van der Waals surface area contributed by atoms with Crippen LogP contribution in [0.25, 0.3) is 0 Å². The highest BCUT2D eigenvalue weighted by Crippen LogP contribution is 2.05. The van der Waals surface area contributed by atoms with Gasteiger partial charge in [-0.3, -0.25) is 4.79 Å². The van der Waals surface area contributed by atoms with Gasteiger partial charge >= 0.3 is 0 Å². The van der Waals surface area contributed by atoms with E-state index >= 15 is 0 Å². The first-order chi connectivity index (χ1) is 9.69. The van der Waals surface area contributed by atoms with Crippen LogP contribution >= 0.6 is 11.6 Å². The van der Waals surface area contributed by atoms with Crippen molar-refractivity contribution in [1.29, 1.82) is 0 Å². The number of hydrogen-bond donors (Lipinski definition) is 2. The average molecular weight is 319 g/mol. The fraction of sp³-hybridized carbons (Fsp3) is 0.643. The summed E-state index contributed by atoms with van der Waals surface area (Å²) in [5.74, 6) is 0.615. The van der Waals surface area contributed by atoms with Crippen LogP contribution in [0.1, 0.15) is 20.8 Å². The second-order valence-electron chi connectivity index (χ2n) is 5.59. The molecule has 1 amide bonds. The summed E-state index contributed by atoms with van der Waals surface area (Å²) in [5.41, 5.74) is 11.1. The lowest BCUT2D eigenvalue weighted by Gasteiger charge is -2.33. The lowest BCUT2D eigenvalue weighted by molar-refractivity contribution is -0.119. The Labute approximate surface area is 132 Å². The lowest BCUT2D eigenvalue weighted by Crippen LogP contribution is -2.46. The summed E-state index contributed by atoms with van der Waals surface area (Å²) in [6, 6.07) is 0. The van der Waals surface area contributed by atoms with E-state index in [4.69, 9.17) is 27.8 Å². The molecule has 7 heteroatoms. The standard InChI is InChI=1S/C9H15ClN4O.C5H12O/c10-8(11)1-2-9(12)14-5-3-13(7-15)4-6-14;1-5(2,3)6-4/h1-2,7H,3-6,11-12H2;1-4H3/b8-1-,9-2+;. The first-order valence-electron chi connectivity index (χ1n) is 6.77. The van der Waals surface area contributed by atoms with Crippen molar-refractivity contribution in [2.75, 3.05) is 33.3 Å². The van der Waals surface area contributed by atoms with Crippen LogP contribution in [0.3, 0.4) is 0 Å². The Morgan fingerprint density at radius 3 is 1.95 bits per heavy atom. The van der Waals surface area contributed by atoms with E-state index in [2.05, 4.69) is 0 Å².